The Bertz CT molecular complexity index is 356. The Labute approximate surface area is 124 Å². The molecule has 0 aliphatic heterocycles. The van der Waals surface area contributed by atoms with Crippen molar-refractivity contribution in [3.05, 3.63) is 0 Å². The quantitative estimate of drug-likeness (QED) is 0.424. The lowest BCUT2D eigenvalue weighted by Crippen LogP contribution is -2.40. The molecule has 1 saturated carbocycles. The van der Waals surface area contributed by atoms with Gasteiger partial charge in [0.25, 0.3) is 0 Å². The van der Waals surface area contributed by atoms with Crippen molar-refractivity contribution >= 4 is 17.9 Å². The SMILES string of the molecule is O=C(O)CCCCCCNC(=O)NCCNC(=O)C1CC1. The molecule has 1 aliphatic rings. The lowest BCUT2D eigenvalue weighted by Gasteiger charge is -2.08. The summed E-state index contributed by atoms with van der Waals surface area (Å²) in [5.41, 5.74) is 0. The second-order valence-electron chi connectivity index (χ2n) is 5.31. The van der Waals surface area contributed by atoms with Crippen molar-refractivity contribution in [1.29, 1.82) is 0 Å². The van der Waals surface area contributed by atoms with Crippen LogP contribution >= 0.6 is 0 Å². The van der Waals surface area contributed by atoms with E-state index in [1.54, 1.807) is 0 Å². The number of hydrogen-bond acceptors (Lipinski definition) is 3. The van der Waals surface area contributed by atoms with Crippen molar-refractivity contribution in [3.8, 4) is 0 Å². The molecule has 0 aromatic heterocycles. The predicted octanol–water partition coefficient (Wildman–Crippen LogP) is 0.847. The first-order chi connectivity index (χ1) is 10.1. The van der Waals surface area contributed by atoms with E-state index in [2.05, 4.69) is 16.0 Å². The van der Waals surface area contributed by atoms with Crippen molar-refractivity contribution in [1.82, 2.24) is 16.0 Å². The molecule has 120 valence electrons. The molecular weight excluding hydrogens is 274 g/mol. The maximum absolute atomic E-state index is 11.4. The highest BCUT2D eigenvalue weighted by Gasteiger charge is 2.28. The van der Waals surface area contributed by atoms with Crippen LogP contribution in [0.25, 0.3) is 0 Å². The van der Waals surface area contributed by atoms with Crippen molar-refractivity contribution in [2.24, 2.45) is 5.92 Å². The second-order valence-corrected chi connectivity index (χ2v) is 5.31. The van der Waals surface area contributed by atoms with Gasteiger partial charge in [-0.15, -0.1) is 0 Å². The van der Waals surface area contributed by atoms with Gasteiger partial charge in [0.05, 0.1) is 0 Å². The van der Waals surface area contributed by atoms with Crippen LogP contribution < -0.4 is 16.0 Å². The maximum Gasteiger partial charge on any atom is 0.314 e. The molecule has 0 spiro atoms. The number of urea groups is 1. The summed E-state index contributed by atoms with van der Waals surface area (Å²) in [6.45, 7) is 1.45. The zero-order valence-corrected chi connectivity index (χ0v) is 12.3. The summed E-state index contributed by atoms with van der Waals surface area (Å²) < 4.78 is 0. The Morgan fingerprint density at radius 3 is 2.14 bits per heavy atom. The molecular formula is C14H25N3O4. The van der Waals surface area contributed by atoms with Gasteiger partial charge in [0.1, 0.15) is 0 Å². The fourth-order valence-corrected chi connectivity index (χ4v) is 1.87. The van der Waals surface area contributed by atoms with E-state index < -0.39 is 5.97 Å². The van der Waals surface area contributed by atoms with Gasteiger partial charge in [-0.1, -0.05) is 12.8 Å². The molecule has 21 heavy (non-hydrogen) atoms. The molecule has 0 bridgehead atoms. The number of rotatable bonds is 11. The number of unbranched alkanes of at least 4 members (excludes halogenated alkanes) is 3. The number of hydrogen-bond donors (Lipinski definition) is 4. The average Bonchev–Trinajstić information content (AvgIpc) is 3.26. The molecule has 1 fully saturated rings. The second kappa shape index (κ2) is 10.0. The van der Waals surface area contributed by atoms with E-state index in [9.17, 15) is 14.4 Å². The lowest BCUT2D eigenvalue weighted by atomic mass is 10.1. The topological polar surface area (TPSA) is 108 Å². The molecule has 7 heteroatoms. The highest BCUT2D eigenvalue weighted by atomic mass is 16.4. The molecule has 0 radical (unpaired) electrons. The molecule has 0 atom stereocenters. The van der Waals surface area contributed by atoms with Gasteiger partial charge < -0.3 is 21.1 Å². The summed E-state index contributed by atoms with van der Waals surface area (Å²) in [6, 6.07) is -0.235. The van der Waals surface area contributed by atoms with Crippen LogP contribution in [0.3, 0.4) is 0 Å². The molecule has 0 heterocycles. The summed E-state index contributed by atoms with van der Waals surface area (Å²) in [4.78, 5) is 33.0. The molecule has 0 saturated heterocycles. The van der Waals surface area contributed by atoms with Crippen LogP contribution in [0.5, 0.6) is 0 Å². The number of carboxylic acid groups (broad SMARTS) is 1. The third-order valence-electron chi connectivity index (χ3n) is 3.26. The van der Waals surface area contributed by atoms with E-state index in [0.717, 1.165) is 32.1 Å². The van der Waals surface area contributed by atoms with E-state index in [4.69, 9.17) is 5.11 Å². The van der Waals surface area contributed by atoms with Gasteiger partial charge in [-0.05, 0) is 25.7 Å². The highest BCUT2D eigenvalue weighted by Crippen LogP contribution is 2.28. The Morgan fingerprint density at radius 1 is 0.857 bits per heavy atom. The number of amides is 3. The van der Waals surface area contributed by atoms with Crippen LogP contribution in [0.15, 0.2) is 0 Å². The summed E-state index contributed by atoms with van der Waals surface area (Å²) in [5.74, 6) is -0.486. The first-order valence-corrected chi connectivity index (χ1v) is 7.61. The monoisotopic (exact) mass is 299 g/mol. The normalized spacial score (nSPS) is 13.5. The zero-order valence-electron chi connectivity index (χ0n) is 12.3. The molecule has 1 rings (SSSR count). The molecule has 4 N–H and O–H groups in total. The van der Waals surface area contributed by atoms with Crippen molar-refractivity contribution in [3.63, 3.8) is 0 Å². The minimum absolute atomic E-state index is 0.0820. The Hall–Kier alpha value is -1.79. The zero-order chi connectivity index (χ0) is 15.5. The van der Waals surface area contributed by atoms with Crippen LogP contribution in [-0.4, -0.2) is 42.6 Å². The van der Waals surface area contributed by atoms with Crippen molar-refractivity contribution < 1.29 is 19.5 Å². The first-order valence-electron chi connectivity index (χ1n) is 7.61. The van der Waals surface area contributed by atoms with Crippen LogP contribution in [0.1, 0.15) is 44.9 Å². The Balaban J connectivity index is 1.82. The van der Waals surface area contributed by atoms with Gasteiger partial charge in [0.15, 0.2) is 0 Å². The molecule has 0 unspecified atom stereocenters. The highest BCUT2D eigenvalue weighted by molar-refractivity contribution is 5.80. The maximum atomic E-state index is 11.4. The fraction of sp³-hybridized carbons (Fsp3) is 0.786. The fourth-order valence-electron chi connectivity index (χ4n) is 1.87. The van der Waals surface area contributed by atoms with E-state index >= 15 is 0 Å². The summed E-state index contributed by atoms with van der Waals surface area (Å²) in [6.07, 6.45) is 5.46. The van der Waals surface area contributed by atoms with Crippen LogP contribution in [-0.2, 0) is 9.59 Å². The first kappa shape index (κ1) is 17.3. The number of carbonyl (C=O) groups excluding carboxylic acids is 2. The summed E-state index contributed by atoms with van der Waals surface area (Å²) >= 11 is 0. The van der Waals surface area contributed by atoms with Crippen LogP contribution in [0.2, 0.25) is 0 Å². The van der Waals surface area contributed by atoms with Gasteiger partial charge in [0, 0.05) is 32.0 Å². The Kier molecular flexibility index (Phi) is 8.23. The van der Waals surface area contributed by atoms with E-state index in [1.165, 1.54) is 0 Å². The van der Waals surface area contributed by atoms with Crippen molar-refractivity contribution in [2.45, 2.75) is 44.9 Å². The summed E-state index contributed by atoms with van der Waals surface area (Å²) in [7, 11) is 0. The third-order valence-corrected chi connectivity index (χ3v) is 3.26. The van der Waals surface area contributed by atoms with Crippen molar-refractivity contribution in [2.75, 3.05) is 19.6 Å². The number of nitrogens with one attached hydrogen (secondary N) is 3. The summed E-state index contributed by atoms with van der Waals surface area (Å²) in [5, 5.41) is 16.6. The molecule has 0 aromatic rings. The Morgan fingerprint density at radius 2 is 1.48 bits per heavy atom. The average molecular weight is 299 g/mol. The predicted molar refractivity (Wildman–Crippen MR) is 77.9 cm³/mol. The number of carboxylic acids is 1. The molecule has 7 nitrogen and oxygen atoms in total. The van der Waals surface area contributed by atoms with Gasteiger partial charge >= 0.3 is 12.0 Å². The van der Waals surface area contributed by atoms with Crippen LogP contribution in [0.4, 0.5) is 4.79 Å². The van der Waals surface area contributed by atoms with Gasteiger partial charge in [-0.25, -0.2) is 4.79 Å². The lowest BCUT2D eigenvalue weighted by molar-refractivity contribution is -0.137. The molecule has 1 aliphatic carbocycles. The van der Waals surface area contributed by atoms with Crippen LogP contribution in [0, 0.1) is 5.92 Å². The van der Waals surface area contributed by atoms with E-state index in [0.29, 0.717) is 26.1 Å². The number of carbonyl (C=O) groups is 3. The minimum atomic E-state index is -0.763. The van der Waals surface area contributed by atoms with E-state index in [-0.39, 0.29) is 24.3 Å². The largest absolute Gasteiger partial charge is 0.481 e. The number of aliphatic carboxylic acids is 1. The van der Waals surface area contributed by atoms with Gasteiger partial charge in [-0.2, -0.15) is 0 Å². The smallest absolute Gasteiger partial charge is 0.314 e. The van der Waals surface area contributed by atoms with E-state index in [1.807, 2.05) is 0 Å². The third kappa shape index (κ3) is 9.70. The van der Waals surface area contributed by atoms with Gasteiger partial charge in [-0.3, -0.25) is 9.59 Å². The minimum Gasteiger partial charge on any atom is -0.481 e. The standard InChI is InChI=1S/C14H25N3O4/c18-12(19)5-3-1-2-4-8-16-14(21)17-10-9-15-13(20)11-6-7-11/h11H,1-10H2,(H,15,20)(H,18,19)(H2,16,17,21). The van der Waals surface area contributed by atoms with Gasteiger partial charge in [0.2, 0.25) is 5.91 Å². The molecule has 0 aromatic carbocycles. The molecule has 3 amide bonds.